The fraction of sp³-hybridized carbons (Fsp3) is 0.776. The highest BCUT2D eigenvalue weighted by molar-refractivity contribution is 5.76. The summed E-state index contributed by atoms with van der Waals surface area (Å²) in [6.45, 7) is 2.77. The lowest BCUT2D eigenvalue weighted by molar-refractivity contribution is -0.359. The van der Waals surface area contributed by atoms with Crippen molar-refractivity contribution in [2.45, 2.75) is 357 Å². The van der Waals surface area contributed by atoms with Crippen molar-refractivity contribution >= 4 is 5.91 Å². The Morgan fingerprint density at radius 2 is 0.767 bits per heavy atom. The number of hydrogen-bond donors (Lipinski definition) is 9. The number of rotatable bonds is 59. The molecule has 1 amide bonds. The Balaban J connectivity index is 1.65. The largest absolute Gasteiger partial charge is 0.394 e. The molecule has 2 rings (SSSR count). The first-order valence-electron chi connectivity index (χ1n) is 36.5. The normalized spacial score (nSPS) is 23.5. The second-order valence-corrected chi connectivity index (χ2v) is 25.3. The van der Waals surface area contributed by atoms with Crippen LogP contribution in [0, 0.1) is 0 Å². The van der Waals surface area contributed by atoms with Crippen LogP contribution in [0.5, 0.6) is 0 Å². The smallest absolute Gasteiger partial charge is 0.220 e. The monoisotopic (exact) mass is 1270 g/mol. The minimum Gasteiger partial charge on any atom is -0.394 e. The molecule has 0 spiro atoms. The van der Waals surface area contributed by atoms with Gasteiger partial charge in [-0.05, 0) is 77.0 Å². The number of carbonyl (C=O) groups is 1. The van der Waals surface area contributed by atoms with Crippen LogP contribution in [0.1, 0.15) is 284 Å². The maximum atomic E-state index is 13.4. The molecule has 0 saturated carbocycles. The van der Waals surface area contributed by atoms with Crippen LogP contribution < -0.4 is 5.32 Å². The quantitative estimate of drug-likeness (QED) is 0.0204. The van der Waals surface area contributed by atoms with Crippen LogP contribution in [0.4, 0.5) is 0 Å². The minimum absolute atomic E-state index is 0.212. The molecule has 2 aliphatic rings. The fourth-order valence-electron chi connectivity index (χ4n) is 11.5. The van der Waals surface area contributed by atoms with E-state index in [1.165, 1.54) is 148 Å². The van der Waals surface area contributed by atoms with Crippen molar-refractivity contribution in [3.8, 4) is 0 Å². The van der Waals surface area contributed by atoms with Gasteiger partial charge < -0.3 is 65.1 Å². The zero-order chi connectivity index (χ0) is 65.2. The Hall–Kier alpha value is -3.09. The van der Waals surface area contributed by atoms with Crippen LogP contribution in [0.15, 0.2) is 97.2 Å². The van der Waals surface area contributed by atoms with Gasteiger partial charge in [-0.1, -0.05) is 297 Å². The zero-order valence-corrected chi connectivity index (χ0v) is 56.6. The van der Waals surface area contributed by atoms with E-state index in [1.54, 1.807) is 0 Å². The molecule has 520 valence electrons. The maximum Gasteiger partial charge on any atom is 0.220 e. The van der Waals surface area contributed by atoms with E-state index >= 15 is 0 Å². The van der Waals surface area contributed by atoms with Crippen LogP contribution in [-0.4, -0.2) is 140 Å². The Kier molecular flexibility index (Phi) is 55.0. The van der Waals surface area contributed by atoms with Crippen LogP contribution >= 0.6 is 0 Å². The Morgan fingerprint density at radius 1 is 0.411 bits per heavy atom. The molecule has 9 N–H and O–H groups in total. The molecule has 14 nitrogen and oxygen atoms in total. The first-order chi connectivity index (χ1) is 44.1. The number of aliphatic hydroxyl groups is 8. The van der Waals surface area contributed by atoms with Gasteiger partial charge in [-0.15, -0.1) is 0 Å². The second-order valence-electron chi connectivity index (χ2n) is 25.3. The highest BCUT2D eigenvalue weighted by Gasteiger charge is 2.51. The summed E-state index contributed by atoms with van der Waals surface area (Å²) in [4.78, 5) is 13.4. The lowest BCUT2D eigenvalue weighted by Gasteiger charge is -2.46. The molecule has 12 unspecified atom stereocenters. The Morgan fingerprint density at radius 3 is 1.18 bits per heavy atom. The summed E-state index contributed by atoms with van der Waals surface area (Å²) in [6, 6.07) is -0.838. The van der Waals surface area contributed by atoms with E-state index in [2.05, 4.69) is 116 Å². The van der Waals surface area contributed by atoms with E-state index in [0.717, 1.165) is 103 Å². The summed E-state index contributed by atoms with van der Waals surface area (Å²) in [6.07, 6.45) is 67.0. The topological polar surface area (TPSA) is 228 Å². The molecule has 0 radical (unpaired) electrons. The van der Waals surface area contributed by atoms with Crippen molar-refractivity contribution in [1.82, 2.24) is 5.32 Å². The number of amides is 1. The molecule has 2 fully saturated rings. The molecule has 14 heteroatoms. The van der Waals surface area contributed by atoms with E-state index < -0.39 is 86.8 Å². The standard InChI is InChI=1S/C76H133NO13/c1-3-5-7-9-11-13-15-17-19-21-23-25-26-27-28-29-30-31-32-33-34-35-36-37-38-40-42-44-46-48-50-52-54-56-58-60-68(81)77-64(65(80)59-57-55-53-51-49-47-45-43-41-39-24-22-20-18-16-14-12-10-8-6-4-2)63-87-75-73(86)71(84)74(67(62-79)89-75)90-76-72(85)70(83)69(82)66(61-78)88-76/h5,7,11,13,17,19,23,25,27-28,30-31,33-34,36-37,64-67,69-76,78-80,82-86H,3-4,6,8-10,12,14-16,18,20-22,24,26,29,32,35,38-63H2,1-2H3,(H,77,81)/b7-5-,13-11-,19-17-,25-23-,28-27-,31-30-,34-33-,37-36-. The van der Waals surface area contributed by atoms with Crippen molar-refractivity contribution in [2.24, 2.45) is 0 Å². The zero-order valence-electron chi connectivity index (χ0n) is 56.6. The average molecular weight is 1270 g/mol. The number of ether oxygens (including phenoxy) is 4. The molecule has 0 aromatic rings. The van der Waals surface area contributed by atoms with E-state index in [9.17, 15) is 45.6 Å². The number of hydrogen-bond acceptors (Lipinski definition) is 13. The van der Waals surface area contributed by atoms with Gasteiger partial charge in [0.25, 0.3) is 0 Å². The molecular weight excluding hydrogens is 1130 g/mol. The molecule has 90 heavy (non-hydrogen) atoms. The van der Waals surface area contributed by atoms with Gasteiger partial charge in [0.2, 0.25) is 5.91 Å². The summed E-state index contributed by atoms with van der Waals surface area (Å²) in [5.41, 5.74) is 0. The summed E-state index contributed by atoms with van der Waals surface area (Å²) in [5, 5.41) is 87.7. The molecule has 12 atom stereocenters. The van der Waals surface area contributed by atoms with Crippen LogP contribution in [0.2, 0.25) is 0 Å². The Labute approximate surface area is 547 Å². The minimum atomic E-state index is -1.79. The number of nitrogens with one attached hydrogen (secondary N) is 1. The fourth-order valence-corrected chi connectivity index (χ4v) is 11.5. The number of aliphatic hydroxyl groups excluding tert-OH is 8. The van der Waals surface area contributed by atoms with Gasteiger partial charge >= 0.3 is 0 Å². The van der Waals surface area contributed by atoms with E-state index in [-0.39, 0.29) is 12.5 Å². The average Bonchev–Trinajstić information content (AvgIpc) is 1.28. The third-order valence-corrected chi connectivity index (χ3v) is 17.3. The van der Waals surface area contributed by atoms with Crippen molar-refractivity contribution in [3.63, 3.8) is 0 Å². The predicted octanol–water partition coefficient (Wildman–Crippen LogP) is 15.3. The summed E-state index contributed by atoms with van der Waals surface area (Å²) in [7, 11) is 0. The van der Waals surface area contributed by atoms with E-state index in [4.69, 9.17) is 18.9 Å². The molecule has 2 heterocycles. The summed E-state index contributed by atoms with van der Waals surface area (Å²) >= 11 is 0. The second kappa shape index (κ2) is 59.6. The van der Waals surface area contributed by atoms with Gasteiger partial charge in [0.05, 0.1) is 32.0 Å². The van der Waals surface area contributed by atoms with Crippen LogP contribution in [0.3, 0.4) is 0 Å². The number of carbonyl (C=O) groups excluding carboxylic acids is 1. The van der Waals surface area contributed by atoms with Crippen LogP contribution in [-0.2, 0) is 23.7 Å². The number of allylic oxidation sites excluding steroid dienone is 16. The molecule has 2 aliphatic heterocycles. The van der Waals surface area contributed by atoms with Crippen molar-refractivity contribution in [3.05, 3.63) is 97.2 Å². The molecule has 0 bridgehead atoms. The highest BCUT2D eigenvalue weighted by Crippen LogP contribution is 2.30. The summed E-state index contributed by atoms with van der Waals surface area (Å²) < 4.78 is 22.9. The first kappa shape index (κ1) is 83.0. The van der Waals surface area contributed by atoms with Gasteiger partial charge in [-0.3, -0.25) is 4.79 Å². The van der Waals surface area contributed by atoms with Crippen molar-refractivity contribution in [2.75, 3.05) is 19.8 Å². The molecule has 0 aliphatic carbocycles. The van der Waals surface area contributed by atoms with Crippen molar-refractivity contribution < 1.29 is 64.6 Å². The summed E-state index contributed by atoms with van der Waals surface area (Å²) in [5.74, 6) is -0.212. The van der Waals surface area contributed by atoms with Gasteiger partial charge in [-0.2, -0.15) is 0 Å². The van der Waals surface area contributed by atoms with E-state index in [1.807, 2.05) is 0 Å². The van der Waals surface area contributed by atoms with Gasteiger partial charge in [0, 0.05) is 6.42 Å². The maximum absolute atomic E-state index is 13.4. The molecule has 2 saturated heterocycles. The lowest BCUT2D eigenvalue weighted by atomic mass is 9.97. The molecule has 0 aromatic carbocycles. The van der Waals surface area contributed by atoms with Gasteiger partial charge in [-0.25, -0.2) is 0 Å². The molecular formula is C76H133NO13. The molecule has 0 aromatic heterocycles. The first-order valence-corrected chi connectivity index (χ1v) is 36.5. The van der Waals surface area contributed by atoms with Gasteiger partial charge in [0.15, 0.2) is 12.6 Å². The SMILES string of the molecule is CC/C=C\C/C=C\C/C=C\C/C=C\C/C=C\C/C=C\C/C=C\C/C=C\CCCCCCCCCCCCC(=O)NC(COC1OC(CO)C(OC2OC(CO)C(O)C(O)C2O)C(O)C1O)C(O)CCCCCCCCCCCCCCCCCCCCCCC. The van der Waals surface area contributed by atoms with Gasteiger partial charge in [0.1, 0.15) is 48.8 Å². The predicted molar refractivity (Wildman–Crippen MR) is 369 cm³/mol. The lowest BCUT2D eigenvalue weighted by Crippen LogP contribution is -2.65. The highest BCUT2D eigenvalue weighted by atomic mass is 16.7. The van der Waals surface area contributed by atoms with Crippen LogP contribution in [0.25, 0.3) is 0 Å². The number of unbranched alkanes of at least 4 members (excludes halogenated alkanes) is 30. The third-order valence-electron chi connectivity index (χ3n) is 17.3. The Bertz CT molecular complexity index is 1880. The van der Waals surface area contributed by atoms with Crippen molar-refractivity contribution in [1.29, 1.82) is 0 Å². The van der Waals surface area contributed by atoms with E-state index in [0.29, 0.717) is 19.3 Å². The third kappa shape index (κ3) is 43.0.